The number of para-hydroxylation sites is 1. The molecule has 166 valence electrons. The average Bonchev–Trinajstić information content (AvgIpc) is 2.66. The Labute approximate surface area is 194 Å². The number of rotatable bonds is 9. The standard InChI is InChI=1S/C20H24F3N3O2S.HI/c1-2-24-19(25-12-13-29(27)15-16-8-4-3-5-9-16)26-14-17-10-6-7-11-18(17)28-20(21,22)23;/h3-11H,2,12-15H2,1H3,(H2,24,25,26);1H. The minimum atomic E-state index is -4.76. The molecule has 0 aromatic heterocycles. The van der Waals surface area contributed by atoms with Crippen LogP contribution >= 0.6 is 24.0 Å². The Bertz CT molecular complexity index is 820. The second-order valence-corrected chi connectivity index (χ2v) is 7.63. The molecule has 5 nitrogen and oxygen atoms in total. The molecule has 2 N–H and O–H groups in total. The van der Waals surface area contributed by atoms with Gasteiger partial charge in [0.25, 0.3) is 0 Å². The minimum absolute atomic E-state index is 0. The molecule has 0 bridgehead atoms. The van der Waals surface area contributed by atoms with Gasteiger partial charge in [0.05, 0.1) is 6.54 Å². The maximum atomic E-state index is 12.5. The van der Waals surface area contributed by atoms with Gasteiger partial charge in [0, 0.05) is 41.0 Å². The van der Waals surface area contributed by atoms with Crippen LogP contribution in [0.3, 0.4) is 0 Å². The van der Waals surface area contributed by atoms with Gasteiger partial charge in [0.2, 0.25) is 0 Å². The molecule has 30 heavy (non-hydrogen) atoms. The van der Waals surface area contributed by atoms with Crippen molar-refractivity contribution in [2.75, 3.05) is 18.8 Å². The molecule has 0 amide bonds. The predicted octanol–water partition coefficient (Wildman–Crippen LogP) is 4.21. The molecule has 0 aliphatic rings. The topological polar surface area (TPSA) is 62.7 Å². The number of guanidine groups is 1. The van der Waals surface area contributed by atoms with Crippen LogP contribution in [0.15, 0.2) is 59.6 Å². The smallest absolute Gasteiger partial charge is 0.405 e. The summed E-state index contributed by atoms with van der Waals surface area (Å²) >= 11 is 0. The molecule has 10 heteroatoms. The normalized spacial score (nSPS) is 12.6. The highest BCUT2D eigenvalue weighted by Crippen LogP contribution is 2.26. The number of benzene rings is 2. The summed E-state index contributed by atoms with van der Waals surface area (Å²) in [6.45, 7) is 2.89. The fourth-order valence-corrected chi connectivity index (χ4v) is 3.52. The summed E-state index contributed by atoms with van der Waals surface area (Å²) in [5.74, 6) is 1.06. The second-order valence-electron chi connectivity index (χ2n) is 6.05. The largest absolute Gasteiger partial charge is 0.573 e. The molecule has 0 aliphatic carbocycles. The van der Waals surface area contributed by atoms with Crippen molar-refractivity contribution in [2.24, 2.45) is 4.99 Å². The molecule has 1 atom stereocenters. The number of aliphatic imine (C=N–C) groups is 1. The highest BCUT2D eigenvalue weighted by atomic mass is 127. The van der Waals surface area contributed by atoms with E-state index < -0.39 is 17.2 Å². The summed E-state index contributed by atoms with van der Waals surface area (Å²) in [5, 5.41) is 6.08. The first-order valence-corrected chi connectivity index (χ1v) is 10.6. The lowest BCUT2D eigenvalue weighted by Gasteiger charge is -2.14. The fourth-order valence-electron chi connectivity index (χ4n) is 2.48. The van der Waals surface area contributed by atoms with E-state index in [0.717, 1.165) is 5.56 Å². The van der Waals surface area contributed by atoms with Crippen molar-refractivity contribution in [2.45, 2.75) is 25.6 Å². The van der Waals surface area contributed by atoms with Crippen molar-refractivity contribution in [1.82, 2.24) is 10.6 Å². The van der Waals surface area contributed by atoms with Crippen LogP contribution in [-0.2, 0) is 23.1 Å². The van der Waals surface area contributed by atoms with E-state index in [1.165, 1.54) is 18.2 Å². The minimum Gasteiger partial charge on any atom is -0.405 e. The molecule has 0 radical (unpaired) electrons. The molecule has 0 heterocycles. The maximum Gasteiger partial charge on any atom is 0.573 e. The zero-order valence-electron chi connectivity index (χ0n) is 16.4. The fraction of sp³-hybridized carbons (Fsp3) is 0.350. The Balaban J connectivity index is 0.00000450. The molecule has 0 fully saturated rings. The zero-order chi connectivity index (χ0) is 21.1. The first kappa shape index (κ1) is 26.2. The summed E-state index contributed by atoms with van der Waals surface area (Å²) in [4.78, 5) is 4.30. The Kier molecular flexibility index (Phi) is 11.8. The van der Waals surface area contributed by atoms with E-state index in [9.17, 15) is 17.4 Å². The number of hydrogen-bond acceptors (Lipinski definition) is 3. The van der Waals surface area contributed by atoms with Crippen LogP contribution in [0.5, 0.6) is 5.75 Å². The highest BCUT2D eigenvalue weighted by molar-refractivity contribution is 14.0. The highest BCUT2D eigenvalue weighted by Gasteiger charge is 2.31. The zero-order valence-corrected chi connectivity index (χ0v) is 19.6. The molecule has 0 saturated carbocycles. The Morgan fingerprint density at radius 2 is 1.73 bits per heavy atom. The van der Waals surface area contributed by atoms with Crippen LogP contribution < -0.4 is 15.4 Å². The lowest BCUT2D eigenvalue weighted by atomic mass is 10.2. The van der Waals surface area contributed by atoms with Gasteiger partial charge in [0.15, 0.2) is 5.96 Å². The van der Waals surface area contributed by atoms with Gasteiger partial charge in [-0.25, -0.2) is 4.99 Å². The van der Waals surface area contributed by atoms with Gasteiger partial charge >= 0.3 is 6.36 Å². The Hall–Kier alpha value is -1.82. The van der Waals surface area contributed by atoms with E-state index in [1.807, 2.05) is 37.3 Å². The van der Waals surface area contributed by atoms with E-state index >= 15 is 0 Å². The van der Waals surface area contributed by atoms with Gasteiger partial charge in [-0.15, -0.1) is 37.1 Å². The number of nitrogens with one attached hydrogen (secondary N) is 2. The van der Waals surface area contributed by atoms with Gasteiger partial charge in [0.1, 0.15) is 5.75 Å². The summed E-state index contributed by atoms with van der Waals surface area (Å²) in [5.41, 5.74) is 1.32. The van der Waals surface area contributed by atoms with Gasteiger partial charge in [-0.2, -0.15) is 0 Å². The van der Waals surface area contributed by atoms with Gasteiger partial charge < -0.3 is 15.4 Å². The van der Waals surface area contributed by atoms with E-state index in [-0.39, 0.29) is 36.3 Å². The number of halogens is 4. The SMILES string of the molecule is CCNC(=NCc1ccccc1OC(F)(F)F)NCCS(=O)Cc1ccccc1.I. The van der Waals surface area contributed by atoms with Gasteiger partial charge in [-0.05, 0) is 18.6 Å². The molecule has 2 rings (SSSR count). The van der Waals surface area contributed by atoms with Crippen LogP contribution in [0.2, 0.25) is 0 Å². The van der Waals surface area contributed by atoms with Crippen LogP contribution in [0.25, 0.3) is 0 Å². The maximum absolute atomic E-state index is 12.5. The van der Waals surface area contributed by atoms with Crippen molar-refractivity contribution in [3.05, 3.63) is 65.7 Å². The predicted molar refractivity (Wildman–Crippen MR) is 125 cm³/mol. The van der Waals surface area contributed by atoms with Crippen molar-refractivity contribution in [1.29, 1.82) is 0 Å². The van der Waals surface area contributed by atoms with Gasteiger partial charge in [-0.1, -0.05) is 48.5 Å². The third-order valence-electron chi connectivity index (χ3n) is 3.74. The van der Waals surface area contributed by atoms with Crippen molar-refractivity contribution in [3.63, 3.8) is 0 Å². The third kappa shape index (κ3) is 10.3. The lowest BCUT2D eigenvalue weighted by molar-refractivity contribution is -0.274. The van der Waals surface area contributed by atoms with E-state index in [0.29, 0.717) is 36.1 Å². The van der Waals surface area contributed by atoms with Crippen molar-refractivity contribution < 1.29 is 22.1 Å². The van der Waals surface area contributed by atoms with Crippen LogP contribution in [0.1, 0.15) is 18.1 Å². The second kappa shape index (κ2) is 13.5. The van der Waals surface area contributed by atoms with E-state index in [2.05, 4.69) is 20.4 Å². The summed E-state index contributed by atoms with van der Waals surface area (Å²) < 4.78 is 53.8. The first-order valence-electron chi connectivity index (χ1n) is 9.12. The molecule has 0 spiro atoms. The number of ether oxygens (including phenoxy) is 1. The van der Waals surface area contributed by atoms with Crippen LogP contribution in [0.4, 0.5) is 13.2 Å². The third-order valence-corrected chi connectivity index (χ3v) is 5.06. The summed E-state index contributed by atoms with van der Waals surface area (Å²) in [6.07, 6.45) is -4.76. The van der Waals surface area contributed by atoms with E-state index in [1.54, 1.807) is 6.07 Å². The monoisotopic (exact) mass is 555 g/mol. The summed E-state index contributed by atoms with van der Waals surface area (Å²) in [6, 6.07) is 15.5. The van der Waals surface area contributed by atoms with Crippen LogP contribution in [0, 0.1) is 0 Å². The lowest BCUT2D eigenvalue weighted by Crippen LogP contribution is -2.39. The summed E-state index contributed by atoms with van der Waals surface area (Å²) in [7, 11) is -1.04. The molecule has 1 unspecified atom stereocenters. The average molecular weight is 555 g/mol. The number of nitrogens with zero attached hydrogens (tertiary/aromatic N) is 1. The quantitative estimate of drug-likeness (QED) is 0.277. The van der Waals surface area contributed by atoms with E-state index in [4.69, 9.17) is 0 Å². The molecule has 0 saturated heterocycles. The van der Waals surface area contributed by atoms with Gasteiger partial charge in [-0.3, -0.25) is 4.21 Å². The van der Waals surface area contributed by atoms with Crippen LogP contribution in [-0.4, -0.2) is 35.4 Å². The Morgan fingerprint density at radius 3 is 2.40 bits per heavy atom. The molecule has 0 aliphatic heterocycles. The first-order chi connectivity index (χ1) is 13.9. The number of hydrogen-bond donors (Lipinski definition) is 2. The molecule has 2 aromatic rings. The molecular weight excluding hydrogens is 530 g/mol. The molecule has 2 aromatic carbocycles. The van der Waals surface area contributed by atoms with Crippen molar-refractivity contribution in [3.8, 4) is 5.75 Å². The van der Waals surface area contributed by atoms with Crippen molar-refractivity contribution >= 4 is 40.7 Å². The number of alkyl halides is 3. The molecular formula is C20H25F3IN3O2S. The Morgan fingerprint density at radius 1 is 1.07 bits per heavy atom.